The maximum atomic E-state index is 5.46. The van der Waals surface area contributed by atoms with Gasteiger partial charge in [-0.15, -0.1) is 11.3 Å². The van der Waals surface area contributed by atoms with Crippen LogP contribution in [0.15, 0.2) is 29.6 Å². The Bertz CT molecular complexity index is 539. The van der Waals surface area contributed by atoms with Crippen molar-refractivity contribution in [1.29, 1.82) is 0 Å². The predicted molar refractivity (Wildman–Crippen MR) is 85.7 cm³/mol. The minimum absolute atomic E-state index is 0.450. The molecule has 1 aromatic carbocycles. The van der Waals surface area contributed by atoms with Crippen molar-refractivity contribution in [1.82, 2.24) is 4.98 Å². The van der Waals surface area contributed by atoms with Gasteiger partial charge in [-0.05, 0) is 38.1 Å². The SMILES string of the molecule is CCOc1ccc(-c2nc(C[NH2+][C@H](C)COC)cs2)cc1. The van der Waals surface area contributed by atoms with E-state index in [1.165, 1.54) is 0 Å². The summed E-state index contributed by atoms with van der Waals surface area (Å²) >= 11 is 1.68. The molecule has 4 nitrogen and oxygen atoms in total. The van der Waals surface area contributed by atoms with Crippen molar-refractivity contribution in [3.05, 3.63) is 35.3 Å². The van der Waals surface area contributed by atoms with Gasteiger partial charge in [-0.25, -0.2) is 4.98 Å². The standard InChI is InChI=1S/C16H22N2O2S/c1-4-20-15-7-5-13(6-8-15)16-18-14(11-21-16)9-17-12(2)10-19-3/h5-8,11-12,17H,4,9-10H2,1-3H3/p+1/t12-/m1/s1. The first-order valence-corrected chi connectivity index (χ1v) is 8.10. The summed E-state index contributed by atoms with van der Waals surface area (Å²) in [5, 5.41) is 5.43. The monoisotopic (exact) mass is 307 g/mol. The van der Waals surface area contributed by atoms with Gasteiger partial charge in [0.05, 0.1) is 13.2 Å². The maximum absolute atomic E-state index is 5.46. The van der Waals surface area contributed by atoms with Crippen LogP contribution in [0.2, 0.25) is 0 Å². The highest BCUT2D eigenvalue weighted by Gasteiger charge is 2.09. The molecule has 0 aliphatic heterocycles. The van der Waals surface area contributed by atoms with Gasteiger partial charge in [0.1, 0.15) is 29.0 Å². The van der Waals surface area contributed by atoms with Gasteiger partial charge in [-0.3, -0.25) is 0 Å². The summed E-state index contributed by atoms with van der Waals surface area (Å²) in [6.07, 6.45) is 0. The van der Waals surface area contributed by atoms with E-state index in [0.717, 1.165) is 35.2 Å². The number of quaternary nitrogens is 1. The number of methoxy groups -OCH3 is 1. The second-order valence-corrected chi connectivity index (χ2v) is 5.83. The Morgan fingerprint density at radius 3 is 2.71 bits per heavy atom. The van der Waals surface area contributed by atoms with Crippen molar-refractivity contribution in [2.24, 2.45) is 0 Å². The van der Waals surface area contributed by atoms with Crippen molar-refractivity contribution in [2.45, 2.75) is 26.4 Å². The zero-order chi connectivity index (χ0) is 15.1. The number of nitrogens with two attached hydrogens (primary N) is 1. The number of rotatable bonds is 8. The van der Waals surface area contributed by atoms with Crippen LogP contribution in [0.4, 0.5) is 0 Å². The van der Waals surface area contributed by atoms with Crippen molar-refractivity contribution in [2.75, 3.05) is 20.3 Å². The number of benzene rings is 1. The summed E-state index contributed by atoms with van der Waals surface area (Å²) in [5.41, 5.74) is 2.26. The third kappa shape index (κ3) is 4.81. The smallest absolute Gasteiger partial charge is 0.123 e. The molecule has 0 amide bonds. The molecule has 0 spiro atoms. The highest BCUT2D eigenvalue weighted by molar-refractivity contribution is 7.13. The topological polar surface area (TPSA) is 48.0 Å². The Hall–Kier alpha value is -1.43. The molecular weight excluding hydrogens is 284 g/mol. The lowest BCUT2D eigenvalue weighted by molar-refractivity contribution is -0.703. The van der Waals surface area contributed by atoms with Gasteiger partial charge in [-0.2, -0.15) is 0 Å². The fraction of sp³-hybridized carbons (Fsp3) is 0.438. The third-order valence-electron chi connectivity index (χ3n) is 3.12. The number of aromatic nitrogens is 1. The number of ether oxygens (including phenoxy) is 2. The van der Waals surface area contributed by atoms with E-state index in [-0.39, 0.29) is 0 Å². The van der Waals surface area contributed by atoms with E-state index in [9.17, 15) is 0 Å². The van der Waals surface area contributed by atoms with Gasteiger partial charge in [0.15, 0.2) is 0 Å². The van der Waals surface area contributed by atoms with Crippen LogP contribution in [-0.2, 0) is 11.3 Å². The van der Waals surface area contributed by atoms with Gasteiger partial charge < -0.3 is 14.8 Å². The Morgan fingerprint density at radius 2 is 2.05 bits per heavy atom. The second-order valence-electron chi connectivity index (χ2n) is 4.97. The highest BCUT2D eigenvalue weighted by Crippen LogP contribution is 2.25. The molecule has 1 atom stereocenters. The van der Waals surface area contributed by atoms with Crippen molar-refractivity contribution in [3.8, 4) is 16.3 Å². The zero-order valence-electron chi connectivity index (χ0n) is 12.8. The van der Waals surface area contributed by atoms with Crippen LogP contribution in [0, 0.1) is 0 Å². The molecule has 0 bridgehead atoms. The molecule has 0 unspecified atom stereocenters. The van der Waals surface area contributed by atoms with Crippen LogP contribution in [0.1, 0.15) is 19.5 Å². The average molecular weight is 307 g/mol. The first-order chi connectivity index (χ1) is 10.2. The zero-order valence-corrected chi connectivity index (χ0v) is 13.7. The summed E-state index contributed by atoms with van der Waals surface area (Å²) in [4.78, 5) is 4.69. The fourth-order valence-corrected chi connectivity index (χ4v) is 2.89. The molecule has 1 aromatic heterocycles. The summed E-state index contributed by atoms with van der Waals surface area (Å²) in [6.45, 7) is 6.48. The van der Waals surface area contributed by atoms with Crippen LogP contribution in [0.3, 0.4) is 0 Å². The van der Waals surface area contributed by atoms with Crippen LogP contribution in [-0.4, -0.2) is 31.3 Å². The molecule has 0 fully saturated rings. The molecule has 0 saturated carbocycles. The van der Waals surface area contributed by atoms with Crippen molar-refractivity contribution >= 4 is 11.3 Å². The van der Waals surface area contributed by atoms with Crippen LogP contribution in [0.25, 0.3) is 10.6 Å². The molecule has 0 radical (unpaired) electrons. The van der Waals surface area contributed by atoms with E-state index in [1.54, 1.807) is 18.4 Å². The van der Waals surface area contributed by atoms with E-state index in [0.29, 0.717) is 12.6 Å². The molecular formula is C16H23N2O2S+. The van der Waals surface area contributed by atoms with Gasteiger partial charge in [0, 0.05) is 18.1 Å². The van der Waals surface area contributed by atoms with Gasteiger partial charge >= 0.3 is 0 Å². The molecule has 0 aliphatic carbocycles. The average Bonchev–Trinajstić information content (AvgIpc) is 2.95. The first-order valence-electron chi connectivity index (χ1n) is 7.22. The summed E-state index contributed by atoms with van der Waals surface area (Å²) in [7, 11) is 1.73. The van der Waals surface area contributed by atoms with E-state index < -0.39 is 0 Å². The number of thiazole rings is 1. The normalized spacial score (nSPS) is 12.3. The van der Waals surface area contributed by atoms with E-state index in [4.69, 9.17) is 14.5 Å². The number of hydrogen-bond donors (Lipinski definition) is 1. The predicted octanol–water partition coefficient (Wildman–Crippen LogP) is 2.31. The number of hydrogen-bond acceptors (Lipinski definition) is 4. The van der Waals surface area contributed by atoms with E-state index >= 15 is 0 Å². The summed E-state index contributed by atoms with van der Waals surface area (Å²) in [5.74, 6) is 0.903. The van der Waals surface area contributed by atoms with Crippen molar-refractivity contribution < 1.29 is 14.8 Å². The van der Waals surface area contributed by atoms with Gasteiger partial charge in [0.25, 0.3) is 0 Å². The lowest BCUT2D eigenvalue weighted by Gasteiger charge is -2.07. The maximum Gasteiger partial charge on any atom is 0.123 e. The Morgan fingerprint density at radius 1 is 1.29 bits per heavy atom. The molecule has 0 aliphatic rings. The Kier molecular flexibility index (Phi) is 6.17. The van der Waals surface area contributed by atoms with Crippen LogP contribution >= 0.6 is 11.3 Å². The van der Waals surface area contributed by atoms with Gasteiger partial charge in [-0.1, -0.05) is 0 Å². The summed E-state index contributed by atoms with van der Waals surface area (Å²) < 4.78 is 10.6. The molecule has 2 N–H and O–H groups in total. The minimum atomic E-state index is 0.450. The molecule has 2 aromatic rings. The van der Waals surface area contributed by atoms with Crippen LogP contribution in [0.5, 0.6) is 5.75 Å². The lowest BCUT2D eigenvalue weighted by Crippen LogP contribution is -2.88. The molecule has 114 valence electrons. The van der Waals surface area contributed by atoms with Crippen LogP contribution < -0.4 is 10.1 Å². The van der Waals surface area contributed by atoms with E-state index in [1.807, 2.05) is 19.1 Å². The quantitative estimate of drug-likeness (QED) is 0.814. The molecule has 2 rings (SSSR count). The van der Waals surface area contributed by atoms with Crippen molar-refractivity contribution in [3.63, 3.8) is 0 Å². The lowest BCUT2D eigenvalue weighted by atomic mass is 10.2. The molecule has 1 heterocycles. The van der Waals surface area contributed by atoms with Gasteiger partial charge in [0.2, 0.25) is 0 Å². The minimum Gasteiger partial charge on any atom is -0.494 e. The summed E-state index contributed by atoms with van der Waals surface area (Å²) in [6, 6.07) is 8.56. The third-order valence-corrected chi connectivity index (χ3v) is 4.06. The second kappa shape index (κ2) is 8.12. The highest BCUT2D eigenvalue weighted by atomic mass is 32.1. The largest absolute Gasteiger partial charge is 0.494 e. The first kappa shape index (κ1) is 15.9. The molecule has 0 saturated heterocycles. The Labute approximate surface area is 130 Å². The number of nitrogens with zero attached hydrogens (tertiary/aromatic N) is 1. The fourth-order valence-electron chi connectivity index (χ4n) is 2.05. The van der Waals surface area contributed by atoms with E-state index in [2.05, 4.69) is 29.8 Å². The Balaban J connectivity index is 1.95. The molecule has 21 heavy (non-hydrogen) atoms. The molecule has 5 heteroatoms.